The number of amides is 1. The number of carbonyl (C=O) groups is 1. The molecule has 5 heteroatoms. The van der Waals surface area contributed by atoms with Gasteiger partial charge in [-0.05, 0) is 32.4 Å². The summed E-state index contributed by atoms with van der Waals surface area (Å²) >= 11 is 0. The van der Waals surface area contributed by atoms with E-state index in [4.69, 9.17) is 4.74 Å². The van der Waals surface area contributed by atoms with E-state index < -0.39 is 6.10 Å². The van der Waals surface area contributed by atoms with Crippen LogP contribution in [0.1, 0.15) is 25.0 Å². The van der Waals surface area contributed by atoms with Crippen LogP contribution in [-0.4, -0.2) is 22.2 Å². The summed E-state index contributed by atoms with van der Waals surface area (Å²) in [5.74, 6) is 1.11. The lowest BCUT2D eigenvalue weighted by Crippen LogP contribution is -2.30. The van der Waals surface area contributed by atoms with E-state index in [0.29, 0.717) is 11.6 Å². The van der Waals surface area contributed by atoms with Gasteiger partial charge >= 0.3 is 0 Å². The van der Waals surface area contributed by atoms with E-state index in [-0.39, 0.29) is 5.91 Å². The normalized spacial score (nSPS) is 11.9. The van der Waals surface area contributed by atoms with Crippen molar-refractivity contribution >= 4 is 11.7 Å². The Kier molecular flexibility index (Phi) is 4.40. The summed E-state index contributed by atoms with van der Waals surface area (Å²) < 4.78 is 5.61. The Labute approximate surface area is 118 Å². The highest BCUT2D eigenvalue weighted by Crippen LogP contribution is 2.15. The van der Waals surface area contributed by atoms with Gasteiger partial charge in [0.05, 0.1) is 6.20 Å². The molecule has 0 saturated heterocycles. The van der Waals surface area contributed by atoms with Gasteiger partial charge in [0.2, 0.25) is 0 Å². The van der Waals surface area contributed by atoms with Crippen LogP contribution in [0.5, 0.6) is 5.75 Å². The van der Waals surface area contributed by atoms with E-state index in [1.807, 2.05) is 38.1 Å². The van der Waals surface area contributed by atoms with Gasteiger partial charge < -0.3 is 10.1 Å². The van der Waals surface area contributed by atoms with Crippen LogP contribution in [0.15, 0.2) is 30.5 Å². The number of hydrogen-bond donors (Lipinski definition) is 2. The van der Waals surface area contributed by atoms with Gasteiger partial charge in [-0.3, -0.25) is 9.89 Å². The number of H-pyrrole nitrogens is 1. The Morgan fingerprint density at radius 2 is 2.10 bits per heavy atom. The zero-order valence-corrected chi connectivity index (χ0v) is 11.9. The molecular formula is C15H19N3O2. The lowest BCUT2D eigenvalue weighted by atomic mass is 10.2. The molecule has 0 aliphatic rings. The number of rotatable bonds is 5. The third-order valence-corrected chi connectivity index (χ3v) is 3.05. The minimum absolute atomic E-state index is 0.204. The van der Waals surface area contributed by atoms with Gasteiger partial charge in [0.1, 0.15) is 11.6 Å². The number of hydrogen-bond acceptors (Lipinski definition) is 3. The molecule has 1 unspecified atom stereocenters. The topological polar surface area (TPSA) is 67.0 Å². The minimum atomic E-state index is -0.578. The van der Waals surface area contributed by atoms with E-state index >= 15 is 0 Å². The first-order valence-electron chi connectivity index (χ1n) is 6.66. The van der Waals surface area contributed by atoms with Gasteiger partial charge in [-0.2, -0.15) is 5.10 Å². The molecular weight excluding hydrogens is 254 g/mol. The predicted octanol–water partition coefficient (Wildman–Crippen LogP) is 2.69. The second-order valence-electron chi connectivity index (χ2n) is 4.69. The third-order valence-electron chi connectivity index (χ3n) is 3.05. The zero-order valence-electron chi connectivity index (χ0n) is 11.9. The van der Waals surface area contributed by atoms with Gasteiger partial charge in [-0.1, -0.05) is 24.6 Å². The first-order valence-corrected chi connectivity index (χ1v) is 6.66. The lowest BCUT2D eigenvalue weighted by molar-refractivity contribution is -0.122. The number of ether oxygens (including phenoxy) is 1. The van der Waals surface area contributed by atoms with Crippen molar-refractivity contribution in [2.24, 2.45) is 0 Å². The Hall–Kier alpha value is -2.30. The number of aromatic nitrogens is 2. The average Bonchev–Trinajstić information content (AvgIpc) is 2.88. The van der Waals surface area contributed by atoms with Gasteiger partial charge in [0.25, 0.3) is 5.91 Å². The van der Waals surface area contributed by atoms with Crippen molar-refractivity contribution in [3.05, 3.63) is 41.6 Å². The molecule has 0 aliphatic carbocycles. The molecule has 1 amide bonds. The Morgan fingerprint density at radius 1 is 1.40 bits per heavy atom. The fourth-order valence-corrected chi connectivity index (χ4v) is 1.79. The number of aromatic amines is 1. The standard InChI is InChI=1S/C15H19N3O2/c1-4-12-9-16-18-14(12)17-15(19)11(3)20-13-7-5-10(2)6-8-13/h5-9,11H,4H2,1-3H3,(H2,16,17,18,19). The molecule has 1 heterocycles. The minimum Gasteiger partial charge on any atom is -0.481 e. The average molecular weight is 273 g/mol. The van der Waals surface area contributed by atoms with E-state index in [0.717, 1.165) is 17.5 Å². The number of nitrogens with zero attached hydrogens (tertiary/aromatic N) is 1. The van der Waals surface area contributed by atoms with Crippen molar-refractivity contribution in [1.29, 1.82) is 0 Å². The SMILES string of the molecule is CCc1cn[nH]c1NC(=O)C(C)Oc1ccc(C)cc1. The smallest absolute Gasteiger partial charge is 0.266 e. The van der Waals surface area contributed by atoms with E-state index in [9.17, 15) is 4.79 Å². The molecule has 2 aromatic rings. The molecule has 0 bridgehead atoms. The van der Waals surface area contributed by atoms with Crippen LogP contribution in [0, 0.1) is 6.92 Å². The monoisotopic (exact) mass is 273 g/mol. The zero-order chi connectivity index (χ0) is 14.5. The summed E-state index contributed by atoms with van der Waals surface area (Å²) in [7, 11) is 0. The van der Waals surface area contributed by atoms with E-state index in [1.165, 1.54) is 0 Å². The number of benzene rings is 1. The third kappa shape index (κ3) is 3.38. The summed E-state index contributed by atoms with van der Waals surface area (Å²) in [6, 6.07) is 7.60. The maximum absolute atomic E-state index is 12.1. The van der Waals surface area contributed by atoms with Gasteiger partial charge in [0.15, 0.2) is 6.10 Å². The molecule has 106 valence electrons. The summed E-state index contributed by atoms with van der Waals surface area (Å²) in [6.07, 6.45) is 1.94. The van der Waals surface area contributed by atoms with Crippen LogP contribution in [0.25, 0.3) is 0 Å². The first kappa shape index (κ1) is 14.1. The lowest BCUT2D eigenvalue weighted by Gasteiger charge is -2.14. The summed E-state index contributed by atoms with van der Waals surface area (Å²) in [4.78, 5) is 12.1. The Balaban J connectivity index is 1.97. The van der Waals surface area contributed by atoms with Crippen molar-refractivity contribution in [2.45, 2.75) is 33.3 Å². The van der Waals surface area contributed by atoms with Crippen molar-refractivity contribution in [3.63, 3.8) is 0 Å². The molecule has 2 N–H and O–H groups in total. The summed E-state index contributed by atoms with van der Waals surface area (Å²) in [5.41, 5.74) is 2.13. The Bertz CT molecular complexity index is 575. The maximum atomic E-state index is 12.1. The van der Waals surface area contributed by atoms with Gasteiger partial charge in [-0.15, -0.1) is 0 Å². The largest absolute Gasteiger partial charge is 0.481 e. The highest BCUT2D eigenvalue weighted by Gasteiger charge is 2.16. The molecule has 0 saturated carbocycles. The quantitative estimate of drug-likeness (QED) is 0.880. The van der Waals surface area contributed by atoms with E-state index in [1.54, 1.807) is 13.1 Å². The highest BCUT2D eigenvalue weighted by molar-refractivity contribution is 5.93. The summed E-state index contributed by atoms with van der Waals surface area (Å²) in [5, 5.41) is 9.49. The van der Waals surface area contributed by atoms with Crippen molar-refractivity contribution < 1.29 is 9.53 Å². The van der Waals surface area contributed by atoms with Crippen LogP contribution in [0.3, 0.4) is 0 Å². The van der Waals surface area contributed by atoms with Gasteiger partial charge in [0, 0.05) is 5.56 Å². The number of carbonyl (C=O) groups excluding carboxylic acids is 1. The molecule has 5 nitrogen and oxygen atoms in total. The molecule has 0 fully saturated rings. The molecule has 1 atom stereocenters. The molecule has 0 aliphatic heterocycles. The predicted molar refractivity (Wildman–Crippen MR) is 77.9 cm³/mol. The molecule has 20 heavy (non-hydrogen) atoms. The van der Waals surface area contributed by atoms with Gasteiger partial charge in [-0.25, -0.2) is 0 Å². The number of anilines is 1. The molecule has 1 aromatic carbocycles. The van der Waals surface area contributed by atoms with Crippen LogP contribution in [0.2, 0.25) is 0 Å². The van der Waals surface area contributed by atoms with Crippen molar-refractivity contribution in [2.75, 3.05) is 5.32 Å². The fraction of sp³-hybridized carbons (Fsp3) is 0.333. The molecule has 2 rings (SSSR count). The second-order valence-corrected chi connectivity index (χ2v) is 4.69. The van der Waals surface area contributed by atoms with Crippen LogP contribution >= 0.6 is 0 Å². The molecule has 1 aromatic heterocycles. The fourth-order valence-electron chi connectivity index (χ4n) is 1.79. The Morgan fingerprint density at radius 3 is 2.75 bits per heavy atom. The number of nitrogens with one attached hydrogen (secondary N) is 2. The maximum Gasteiger partial charge on any atom is 0.266 e. The molecule has 0 radical (unpaired) electrons. The summed E-state index contributed by atoms with van der Waals surface area (Å²) in [6.45, 7) is 5.73. The van der Waals surface area contributed by atoms with Crippen molar-refractivity contribution in [1.82, 2.24) is 10.2 Å². The number of aryl methyl sites for hydroxylation is 2. The van der Waals surface area contributed by atoms with Crippen molar-refractivity contribution in [3.8, 4) is 5.75 Å². The van der Waals surface area contributed by atoms with Crippen LogP contribution < -0.4 is 10.1 Å². The van der Waals surface area contributed by atoms with Crippen LogP contribution in [-0.2, 0) is 11.2 Å². The van der Waals surface area contributed by atoms with Crippen LogP contribution in [0.4, 0.5) is 5.82 Å². The second kappa shape index (κ2) is 6.23. The molecule has 0 spiro atoms. The first-order chi connectivity index (χ1) is 9.60. The van der Waals surface area contributed by atoms with E-state index in [2.05, 4.69) is 15.5 Å². The highest BCUT2D eigenvalue weighted by atomic mass is 16.5.